The van der Waals surface area contributed by atoms with Gasteiger partial charge in [0.15, 0.2) is 0 Å². The van der Waals surface area contributed by atoms with Crippen molar-refractivity contribution < 1.29 is 19.7 Å². The minimum absolute atomic E-state index is 0.0943. The van der Waals surface area contributed by atoms with E-state index in [4.69, 9.17) is 4.74 Å². The predicted octanol–water partition coefficient (Wildman–Crippen LogP) is 2.10. The van der Waals surface area contributed by atoms with Crippen LogP contribution in [-0.4, -0.2) is 39.1 Å². The number of benzene rings is 1. The van der Waals surface area contributed by atoms with Gasteiger partial charge in [-0.2, -0.15) is 0 Å². The van der Waals surface area contributed by atoms with Crippen LogP contribution in [0, 0.1) is 0 Å². The van der Waals surface area contributed by atoms with Crippen molar-refractivity contribution in [3.8, 4) is 0 Å². The third-order valence-electron chi connectivity index (χ3n) is 3.47. The molecule has 1 amide bonds. The molecule has 0 radical (unpaired) electrons. The average molecular weight is 320 g/mol. The fraction of sp³-hybridized carbons (Fsp3) is 0.471. The first-order chi connectivity index (χ1) is 10.7. The van der Waals surface area contributed by atoms with E-state index < -0.39 is 23.9 Å². The van der Waals surface area contributed by atoms with Gasteiger partial charge in [0, 0.05) is 25.3 Å². The molecule has 0 aliphatic rings. The summed E-state index contributed by atoms with van der Waals surface area (Å²) in [5.41, 5.74) is 1.04. The summed E-state index contributed by atoms with van der Waals surface area (Å²) in [6.07, 6.45) is -0.901. The predicted molar refractivity (Wildman–Crippen MR) is 88.1 cm³/mol. The Balaban J connectivity index is 1.98. The summed E-state index contributed by atoms with van der Waals surface area (Å²) in [5.74, 6) is 0. The number of rotatable bonds is 4. The second-order valence-electron chi connectivity index (χ2n) is 6.64. The normalized spacial score (nSPS) is 14.5. The van der Waals surface area contributed by atoms with Crippen molar-refractivity contribution in [1.82, 2.24) is 9.88 Å². The van der Waals surface area contributed by atoms with Crippen molar-refractivity contribution >= 4 is 17.0 Å². The summed E-state index contributed by atoms with van der Waals surface area (Å²) < 4.78 is 7.07. The van der Waals surface area contributed by atoms with Gasteiger partial charge in [0.1, 0.15) is 17.8 Å². The van der Waals surface area contributed by atoms with E-state index in [9.17, 15) is 15.0 Å². The van der Waals surface area contributed by atoms with Crippen LogP contribution in [0.5, 0.6) is 0 Å². The van der Waals surface area contributed by atoms with E-state index in [1.165, 1.54) is 0 Å². The zero-order valence-electron chi connectivity index (χ0n) is 13.9. The lowest BCUT2D eigenvalue weighted by molar-refractivity contribution is 0.0130. The van der Waals surface area contributed by atoms with Gasteiger partial charge in [-0.15, -0.1) is 0 Å². The summed E-state index contributed by atoms with van der Waals surface area (Å²) in [7, 11) is 1.94. The molecular weight excluding hydrogens is 296 g/mol. The lowest BCUT2D eigenvalue weighted by Crippen LogP contribution is -2.38. The maximum atomic E-state index is 11.6. The number of aliphatic hydroxyl groups is 2. The zero-order valence-corrected chi connectivity index (χ0v) is 13.9. The fourth-order valence-corrected chi connectivity index (χ4v) is 2.32. The van der Waals surface area contributed by atoms with Gasteiger partial charge in [-0.1, -0.05) is 6.07 Å². The largest absolute Gasteiger partial charge is 0.444 e. The van der Waals surface area contributed by atoms with Crippen LogP contribution in [0.15, 0.2) is 30.5 Å². The van der Waals surface area contributed by atoms with Crippen molar-refractivity contribution in [1.29, 1.82) is 0 Å². The molecule has 3 N–H and O–H groups in total. The Morgan fingerprint density at radius 1 is 1.30 bits per heavy atom. The molecule has 0 spiro atoms. The molecule has 2 rings (SSSR count). The number of aryl methyl sites for hydroxylation is 1. The smallest absolute Gasteiger partial charge is 0.407 e. The Morgan fingerprint density at radius 2 is 2.00 bits per heavy atom. The van der Waals surface area contributed by atoms with Crippen LogP contribution in [0.1, 0.15) is 32.4 Å². The van der Waals surface area contributed by atoms with Gasteiger partial charge in [-0.05, 0) is 49.9 Å². The molecule has 6 heteroatoms. The summed E-state index contributed by atoms with van der Waals surface area (Å²) >= 11 is 0. The molecule has 0 fully saturated rings. The van der Waals surface area contributed by atoms with E-state index in [2.05, 4.69) is 5.32 Å². The van der Waals surface area contributed by atoms with E-state index in [1.54, 1.807) is 26.8 Å². The molecule has 2 aromatic rings. The number of hydrogen-bond donors (Lipinski definition) is 3. The molecule has 1 aromatic carbocycles. The van der Waals surface area contributed by atoms with Crippen molar-refractivity contribution in [2.45, 2.75) is 38.6 Å². The number of carbonyl (C=O) groups excluding carboxylic acids is 1. The molecular formula is C17H24N2O4. The second kappa shape index (κ2) is 6.60. The number of ether oxygens (including phenoxy) is 1. The minimum Gasteiger partial charge on any atom is -0.444 e. The zero-order chi connectivity index (χ0) is 17.2. The van der Waals surface area contributed by atoms with Gasteiger partial charge in [-0.3, -0.25) is 0 Å². The molecule has 0 bridgehead atoms. The highest BCUT2D eigenvalue weighted by Crippen LogP contribution is 2.23. The molecule has 1 heterocycles. The van der Waals surface area contributed by atoms with Crippen molar-refractivity contribution in [3.63, 3.8) is 0 Å². The number of fused-ring (bicyclic) bond motifs is 1. The van der Waals surface area contributed by atoms with Gasteiger partial charge in [-0.25, -0.2) is 4.79 Å². The highest BCUT2D eigenvalue weighted by atomic mass is 16.6. The highest BCUT2D eigenvalue weighted by molar-refractivity contribution is 5.80. The molecule has 23 heavy (non-hydrogen) atoms. The van der Waals surface area contributed by atoms with Crippen LogP contribution < -0.4 is 5.32 Å². The molecule has 2 unspecified atom stereocenters. The first-order valence-corrected chi connectivity index (χ1v) is 7.55. The van der Waals surface area contributed by atoms with Gasteiger partial charge < -0.3 is 24.8 Å². The summed E-state index contributed by atoms with van der Waals surface area (Å²) in [6, 6.07) is 7.43. The molecule has 0 saturated carbocycles. The first kappa shape index (κ1) is 17.3. The Hall–Kier alpha value is -2.05. The average Bonchev–Trinajstić information content (AvgIpc) is 2.83. The number of carbonyl (C=O) groups is 1. The lowest BCUT2D eigenvalue weighted by Gasteiger charge is -2.22. The molecule has 0 saturated heterocycles. The van der Waals surface area contributed by atoms with Crippen molar-refractivity contribution in [2.24, 2.45) is 7.05 Å². The molecule has 6 nitrogen and oxygen atoms in total. The topological polar surface area (TPSA) is 83.7 Å². The molecule has 1 aromatic heterocycles. The summed E-state index contributed by atoms with van der Waals surface area (Å²) in [4.78, 5) is 11.6. The number of hydrogen-bond acceptors (Lipinski definition) is 4. The second-order valence-corrected chi connectivity index (χ2v) is 6.64. The Labute approximate surface area is 135 Å². The van der Waals surface area contributed by atoms with Crippen LogP contribution >= 0.6 is 0 Å². The maximum absolute atomic E-state index is 11.6. The third kappa shape index (κ3) is 4.46. The van der Waals surface area contributed by atoms with Gasteiger partial charge in [0.25, 0.3) is 0 Å². The fourth-order valence-electron chi connectivity index (χ4n) is 2.32. The standard InChI is InChI=1S/C17H24N2O4/c1-17(2,3)23-16(22)18-10-14(20)15(21)12-5-6-13-11(9-12)7-8-19(13)4/h5-9,14-15,20-21H,10H2,1-4H3,(H,18,22). The van der Waals surface area contributed by atoms with Crippen LogP contribution in [0.25, 0.3) is 10.9 Å². The Morgan fingerprint density at radius 3 is 2.65 bits per heavy atom. The highest BCUT2D eigenvalue weighted by Gasteiger charge is 2.21. The number of aliphatic hydroxyl groups excluding tert-OH is 2. The number of nitrogens with zero attached hydrogens (tertiary/aromatic N) is 1. The number of nitrogens with one attached hydrogen (secondary N) is 1. The molecule has 0 aliphatic heterocycles. The van der Waals surface area contributed by atoms with E-state index >= 15 is 0 Å². The Bertz CT molecular complexity index is 687. The third-order valence-corrected chi connectivity index (χ3v) is 3.47. The molecule has 0 aliphatic carbocycles. The quantitative estimate of drug-likeness (QED) is 0.805. The first-order valence-electron chi connectivity index (χ1n) is 7.55. The van der Waals surface area contributed by atoms with E-state index in [1.807, 2.05) is 36.0 Å². The monoisotopic (exact) mass is 320 g/mol. The lowest BCUT2D eigenvalue weighted by atomic mass is 10.0. The number of aromatic nitrogens is 1. The number of alkyl carbamates (subject to hydrolysis) is 1. The van der Waals surface area contributed by atoms with Gasteiger partial charge in [0.2, 0.25) is 0 Å². The SMILES string of the molecule is Cn1ccc2cc(C(O)C(O)CNC(=O)OC(C)(C)C)ccc21. The number of amides is 1. The maximum Gasteiger partial charge on any atom is 0.407 e. The van der Waals surface area contributed by atoms with E-state index in [0.29, 0.717) is 5.56 Å². The van der Waals surface area contributed by atoms with Gasteiger partial charge in [0.05, 0.1) is 0 Å². The van der Waals surface area contributed by atoms with E-state index in [0.717, 1.165) is 10.9 Å². The summed E-state index contributed by atoms with van der Waals surface area (Å²) in [6.45, 7) is 5.18. The molecule has 2 atom stereocenters. The summed E-state index contributed by atoms with van der Waals surface area (Å²) in [5, 5.41) is 23.8. The Kier molecular flexibility index (Phi) is 4.97. The minimum atomic E-state index is -1.12. The van der Waals surface area contributed by atoms with Crippen LogP contribution in [0.4, 0.5) is 4.79 Å². The van der Waals surface area contributed by atoms with Crippen LogP contribution in [-0.2, 0) is 11.8 Å². The van der Waals surface area contributed by atoms with Gasteiger partial charge >= 0.3 is 6.09 Å². The van der Waals surface area contributed by atoms with Crippen LogP contribution in [0.2, 0.25) is 0 Å². The molecule has 126 valence electrons. The van der Waals surface area contributed by atoms with Crippen LogP contribution in [0.3, 0.4) is 0 Å². The van der Waals surface area contributed by atoms with E-state index in [-0.39, 0.29) is 6.54 Å². The van der Waals surface area contributed by atoms with Crippen molar-refractivity contribution in [2.75, 3.05) is 6.54 Å². The van der Waals surface area contributed by atoms with Crippen molar-refractivity contribution in [3.05, 3.63) is 36.0 Å².